The Morgan fingerprint density at radius 1 is 0.972 bits per heavy atom. The maximum atomic E-state index is 13.3. The van der Waals surface area contributed by atoms with Crippen molar-refractivity contribution in [1.29, 1.82) is 0 Å². The van der Waals surface area contributed by atoms with Gasteiger partial charge in [0.2, 0.25) is 0 Å². The number of aromatic nitrogens is 1. The van der Waals surface area contributed by atoms with E-state index in [2.05, 4.69) is 20.1 Å². The topological polar surface area (TPSA) is 65.5 Å². The number of nitrogens with one attached hydrogen (secondary N) is 1. The minimum Gasteiger partial charge on any atom is -0.343 e. The normalized spacial score (nSPS) is 20.4. The number of carbonyl (C=O) groups is 2. The summed E-state index contributed by atoms with van der Waals surface area (Å²) in [4.78, 5) is 37.1. The quantitative estimate of drug-likeness (QED) is 0.512. The van der Waals surface area contributed by atoms with Gasteiger partial charge in [-0.05, 0) is 74.4 Å². The third-order valence-corrected chi connectivity index (χ3v) is 8.59. The first kappa shape index (κ1) is 24.7. The van der Waals surface area contributed by atoms with Crippen molar-refractivity contribution in [2.24, 2.45) is 11.8 Å². The van der Waals surface area contributed by atoms with Crippen LogP contribution in [-0.4, -0.2) is 59.3 Å². The smallest absolute Gasteiger partial charge is 0.261 e. The van der Waals surface area contributed by atoms with E-state index in [0.717, 1.165) is 71.3 Å². The number of pyridine rings is 1. The van der Waals surface area contributed by atoms with Gasteiger partial charge < -0.3 is 15.1 Å². The van der Waals surface area contributed by atoms with E-state index in [-0.39, 0.29) is 17.9 Å². The number of rotatable bonds is 7. The van der Waals surface area contributed by atoms with Crippen molar-refractivity contribution in [1.82, 2.24) is 20.1 Å². The number of hydrogen-bond acceptors (Lipinski definition) is 5. The summed E-state index contributed by atoms with van der Waals surface area (Å²) in [6.45, 7) is 10.6. The highest BCUT2D eigenvalue weighted by Gasteiger charge is 2.42. The maximum Gasteiger partial charge on any atom is 0.261 e. The standard InChI is InChI=1S/C29H34N4O2S/c1-19-7-6-8-20(2)27(19)29(35)33-17-22-15-32(16-23(22)18-33)14-12-25(24-9-4-5-13-30-24)31-28(34)26-11-10-21(3)36-26/h4-11,13,22-23,25H,12,14-18H2,1-3H3,(H,31,34)/t22?,23?,25-/m0/s1. The molecule has 6 nitrogen and oxygen atoms in total. The Balaban J connectivity index is 1.19. The summed E-state index contributed by atoms with van der Waals surface area (Å²) in [7, 11) is 0. The largest absolute Gasteiger partial charge is 0.343 e. The molecule has 0 bridgehead atoms. The molecular weight excluding hydrogens is 468 g/mol. The Morgan fingerprint density at radius 2 is 1.69 bits per heavy atom. The van der Waals surface area contributed by atoms with Gasteiger partial charge in [-0.3, -0.25) is 14.6 Å². The van der Waals surface area contributed by atoms with Crippen LogP contribution in [0.25, 0.3) is 0 Å². The third kappa shape index (κ3) is 5.22. The zero-order chi connectivity index (χ0) is 25.2. The molecule has 7 heteroatoms. The molecule has 0 aliphatic carbocycles. The Kier molecular flexibility index (Phi) is 7.21. The monoisotopic (exact) mass is 502 g/mol. The molecule has 2 aliphatic heterocycles. The van der Waals surface area contributed by atoms with Crippen LogP contribution < -0.4 is 5.32 Å². The zero-order valence-electron chi connectivity index (χ0n) is 21.2. The van der Waals surface area contributed by atoms with Gasteiger partial charge in [0.15, 0.2) is 0 Å². The zero-order valence-corrected chi connectivity index (χ0v) is 22.1. The van der Waals surface area contributed by atoms with E-state index >= 15 is 0 Å². The average Bonchev–Trinajstić information content (AvgIpc) is 3.57. The number of hydrogen-bond donors (Lipinski definition) is 1. The van der Waals surface area contributed by atoms with Crippen LogP contribution in [0.15, 0.2) is 54.7 Å². The molecular formula is C29H34N4O2S. The van der Waals surface area contributed by atoms with Gasteiger partial charge in [0.05, 0.1) is 16.6 Å². The summed E-state index contributed by atoms with van der Waals surface area (Å²) in [5, 5.41) is 3.22. The lowest BCUT2D eigenvalue weighted by Gasteiger charge is -2.25. The van der Waals surface area contributed by atoms with Gasteiger partial charge in [-0.15, -0.1) is 11.3 Å². The summed E-state index contributed by atoms with van der Waals surface area (Å²) in [5.41, 5.74) is 3.87. The van der Waals surface area contributed by atoms with Gasteiger partial charge in [0.1, 0.15) is 0 Å². The second kappa shape index (κ2) is 10.5. The molecule has 4 heterocycles. The van der Waals surface area contributed by atoms with Crippen molar-refractivity contribution in [3.05, 3.63) is 86.9 Å². The Labute approximate surface area is 217 Å². The van der Waals surface area contributed by atoms with E-state index in [4.69, 9.17) is 0 Å². The fourth-order valence-corrected chi connectivity index (χ4v) is 6.49. The molecule has 2 aromatic heterocycles. The Morgan fingerprint density at radius 3 is 2.31 bits per heavy atom. The second-order valence-corrected chi connectivity index (χ2v) is 11.5. The minimum absolute atomic E-state index is 0.0392. The number of fused-ring (bicyclic) bond motifs is 1. The lowest BCUT2D eigenvalue weighted by atomic mass is 10.0. The van der Waals surface area contributed by atoms with Crippen LogP contribution in [0.2, 0.25) is 0 Å². The molecule has 2 aliphatic rings. The van der Waals surface area contributed by atoms with Gasteiger partial charge in [-0.1, -0.05) is 24.3 Å². The van der Waals surface area contributed by atoms with Crippen LogP contribution in [0.5, 0.6) is 0 Å². The average molecular weight is 503 g/mol. The number of nitrogens with zero attached hydrogens (tertiary/aromatic N) is 3. The SMILES string of the molecule is Cc1ccc(C(=O)N[C@@H](CCN2CC3CN(C(=O)c4c(C)cccc4C)CC3C2)c2ccccn2)s1. The number of benzene rings is 1. The highest BCUT2D eigenvalue weighted by Crippen LogP contribution is 2.33. The van der Waals surface area contributed by atoms with E-state index in [0.29, 0.717) is 11.8 Å². The maximum absolute atomic E-state index is 13.3. The summed E-state index contributed by atoms with van der Waals surface area (Å²) in [6, 6.07) is 15.6. The van der Waals surface area contributed by atoms with Crippen molar-refractivity contribution < 1.29 is 9.59 Å². The van der Waals surface area contributed by atoms with Crippen LogP contribution in [0.1, 0.15) is 54.2 Å². The molecule has 2 unspecified atom stereocenters. The molecule has 1 N–H and O–H groups in total. The minimum atomic E-state index is -0.136. The number of thiophene rings is 1. The number of likely N-dealkylation sites (tertiary alicyclic amines) is 2. The molecule has 3 aromatic rings. The predicted octanol–water partition coefficient (Wildman–Crippen LogP) is 4.63. The van der Waals surface area contributed by atoms with Crippen LogP contribution in [0, 0.1) is 32.6 Å². The molecule has 1 aromatic carbocycles. The fourth-order valence-electron chi connectivity index (χ4n) is 5.72. The van der Waals surface area contributed by atoms with Gasteiger partial charge in [0.25, 0.3) is 11.8 Å². The number of amides is 2. The van der Waals surface area contributed by atoms with Crippen molar-refractivity contribution in [2.75, 3.05) is 32.7 Å². The van der Waals surface area contributed by atoms with E-state index in [1.54, 1.807) is 6.20 Å². The van der Waals surface area contributed by atoms with Crippen LogP contribution in [0.4, 0.5) is 0 Å². The van der Waals surface area contributed by atoms with E-state index < -0.39 is 0 Å². The van der Waals surface area contributed by atoms with Crippen molar-refractivity contribution in [3.8, 4) is 0 Å². The summed E-state index contributed by atoms with van der Waals surface area (Å²) in [5.74, 6) is 1.15. The first-order chi connectivity index (χ1) is 17.4. The molecule has 2 fully saturated rings. The van der Waals surface area contributed by atoms with Crippen LogP contribution in [0.3, 0.4) is 0 Å². The second-order valence-electron chi connectivity index (χ2n) is 10.2. The Hall–Kier alpha value is -3.03. The van der Waals surface area contributed by atoms with Gasteiger partial charge in [-0.2, -0.15) is 0 Å². The highest BCUT2D eigenvalue weighted by atomic mass is 32.1. The van der Waals surface area contributed by atoms with Gasteiger partial charge in [-0.25, -0.2) is 0 Å². The van der Waals surface area contributed by atoms with Crippen molar-refractivity contribution in [2.45, 2.75) is 33.2 Å². The molecule has 0 spiro atoms. The molecule has 36 heavy (non-hydrogen) atoms. The molecule has 2 amide bonds. The lowest BCUT2D eigenvalue weighted by molar-refractivity contribution is 0.0772. The van der Waals surface area contributed by atoms with Crippen LogP contribution in [-0.2, 0) is 0 Å². The molecule has 2 saturated heterocycles. The Bertz CT molecular complexity index is 1210. The van der Waals surface area contributed by atoms with Crippen LogP contribution >= 0.6 is 11.3 Å². The summed E-state index contributed by atoms with van der Waals surface area (Å²) in [6.07, 6.45) is 2.59. The highest BCUT2D eigenvalue weighted by molar-refractivity contribution is 7.13. The van der Waals surface area contributed by atoms with E-state index in [1.165, 1.54) is 11.3 Å². The van der Waals surface area contributed by atoms with E-state index in [1.807, 2.05) is 69.3 Å². The van der Waals surface area contributed by atoms with Crippen molar-refractivity contribution >= 4 is 23.2 Å². The molecule has 0 radical (unpaired) electrons. The fraction of sp³-hybridized carbons (Fsp3) is 0.414. The first-order valence-electron chi connectivity index (χ1n) is 12.7. The first-order valence-corrected chi connectivity index (χ1v) is 13.6. The van der Waals surface area contributed by atoms with Crippen molar-refractivity contribution in [3.63, 3.8) is 0 Å². The van der Waals surface area contributed by atoms with Gasteiger partial charge in [0, 0.05) is 49.4 Å². The summed E-state index contributed by atoms with van der Waals surface area (Å²) >= 11 is 1.52. The predicted molar refractivity (Wildman–Crippen MR) is 143 cm³/mol. The van der Waals surface area contributed by atoms with Gasteiger partial charge >= 0.3 is 0 Å². The molecule has 188 valence electrons. The molecule has 0 saturated carbocycles. The number of aryl methyl sites for hydroxylation is 3. The number of carbonyl (C=O) groups excluding carboxylic acids is 2. The molecule has 3 atom stereocenters. The molecule has 5 rings (SSSR count). The third-order valence-electron chi connectivity index (χ3n) is 7.59. The van der Waals surface area contributed by atoms with E-state index in [9.17, 15) is 9.59 Å². The lowest BCUT2D eigenvalue weighted by Crippen LogP contribution is -2.35. The summed E-state index contributed by atoms with van der Waals surface area (Å²) < 4.78 is 0.